The van der Waals surface area contributed by atoms with Gasteiger partial charge in [-0.15, -0.1) is 11.3 Å². The second-order valence-electron chi connectivity index (χ2n) is 8.42. The Balaban J connectivity index is 1.59. The van der Waals surface area contributed by atoms with Gasteiger partial charge >= 0.3 is 12.1 Å². The van der Waals surface area contributed by atoms with Gasteiger partial charge in [-0.1, -0.05) is 18.9 Å². The summed E-state index contributed by atoms with van der Waals surface area (Å²) < 4.78 is 39.1. The number of rotatable bonds is 5. The van der Waals surface area contributed by atoms with Crippen LogP contribution in [0.1, 0.15) is 58.5 Å². The molecule has 176 valence electrons. The summed E-state index contributed by atoms with van der Waals surface area (Å²) in [6.07, 6.45) is 0.0868. The molecule has 1 aromatic heterocycles. The molecule has 2 aromatic rings. The molecule has 1 saturated carbocycles. The van der Waals surface area contributed by atoms with Crippen LogP contribution in [0.2, 0.25) is 0 Å². The number of nitrogens with one attached hydrogen (secondary N) is 2. The van der Waals surface area contributed by atoms with E-state index in [-0.39, 0.29) is 11.3 Å². The molecule has 0 radical (unpaired) electrons. The Hall–Kier alpha value is -2.88. The molecule has 0 bridgehead atoms. The summed E-state index contributed by atoms with van der Waals surface area (Å²) in [6, 6.07) is 4.38. The van der Waals surface area contributed by atoms with Crippen molar-refractivity contribution in [2.45, 2.75) is 51.1 Å². The second kappa shape index (κ2) is 9.17. The van der Waals surface area contributed by atoms with Crippen LogP contribution in [0.25, 0.3) is 0 Å². The number of aliphatic carboxylic acids is 1. The molecule has 2 aliphatic rings. The smallest absolute Gasteiger partial charge is 0.416 e. The zero-order valence-electron chi connectivity index (χ0n) is 17.6. The maximum atomic E-state index is 13.1. The van der Waals surface area contributed by atoms with Gasteiger partial charge in [0.1, 0.15) is 5.00 Å². The molecule has 0 aliphatic heterocycles. The normalized spacial score (nSPS) is 20.2. The molecule has 10 heteroatoms. The number of alkyl halides is 3. The minimum atomic E-state index is -4.54. The lowest BCUT2D eigenvalue weighted by atomic mass is 9.79. The quantitative estimate of drug-likeness (QED) is 0.539. The van der Waals surface area contributed by atoms with Crippen molar-refractivity contribution in [3.63, 3.8) is 0 Å². The SMILES string of the molecule is O=C(Nc1cccc(C(F)(F)F)c1)c1c(NC(=O)C2CCCCC2C(=O)O)sc2c1CCC2. The summed E-state index contributed by atoms with van der Waals surface area (Å²) in [4.78, 5) is 38.6. The largest absolute Gasteiger partial charge is 0.481 e. The Kier molecular flexibility index (Phi) is 6.47. The van der Waals surface area contributed by atoms with Crippen LogP contribution in [-0.2, 0) is 28.6 Å². The molecule has 2 aliphatic carbocycles. The van der Waals surface area contributed by atoms with Gasteiger partial charge in [-0.05, 0) is 55.9 Å². The van der Waals surface area contributed by atoms with Crippen LogP contribution < -0.4 is 10.6 Å². The Bertz CT molecular complexity index is 1100. The van der Waals surface area contributed by atoms with Gasteiger partial charge in [0.15, 0.2) is 0 Å². The van der Waals surface area contributed by atoms with Crippen molar-refractivity contribution >= 4 is 39.8 Å². The standard InChI is InChI=1S/C23H23F3N2O4S/c24-23(25,26)12-5-3-6-13(11-12)27-20(30)18-16-9-4-10-17(16)33-21(18)28-19(29)14-7-1-2-8-15(14)22(31)32/h3,5-6,11,14-15H,1-2,4,7-10H2,(H,27,30)(H,28,29)(H,31,32). The summed E-state index contributed by atoms with van der Waals surface area (Å²) in [6.45, 7) is 0. The zero-order valence-corrected chi connectivity index (χ0v) is 18.4. The van der Waals surface area contributed by atoms with E-state index in [9.17, 15) is 32.7 Å². The molecular formula is C23H23F3N2O4S. The summed E-state index contributed by atoms with van der Waals surface area (Å²) >= 11 is 1.28. The molecule has 0 spiro atoms. The van der Waals surface area contributed by atoms with Crippen molar-refractivity contribution in [2.24, 2.45) is 11.8 Å². The molecule has 1 heterocycles. The fourth-order valence-electron chi connectivity index (χ4n) is 4.64. The van der Waals surface area contributed by atoms with E-state index in [4.69, 9.17) is 0 Å². The van der Waals surface area contributed by atoms with Gasteiger partial charge in [0.25, 0.3) is 5.91 Å². The number of carbonyl (C=O) groups is 3. The highest BCUT2D eigenvalue weighted by Gasteiger charge is 2.37. The fourth-order valence-corrected chi connectivity index (χ4v) is 5.93. The molecule has 2 amide bonds. The highest BCUT2D eigenvalue weighted by molar-refractivity contribution is 7.17. The van der Waals surface area contributed by atoms with E-state index >= 15 is 0 Å². The third-order valence-electron chi connectivity index (χ3n) is 6.25. The van der Waals surface area contributed by atoms with Crippen molar-refractivity contribution in [1.82, 2.24) is 0 Å². The van der Waals surface area contributed by atoms with Crippen LogP contribution in [0, 0.1) is 11.8 Å². The minimum Gasteiger partial charge on any atom is -0.481 e. The lowest BCUT2D eigenvalue weighted by Crippen LogP contribution is -2.36. The summed E-state index contributed by atoms with van der Waals surface area (Å²) in [5.74, 6) is -3.50. The van der Waals surface area contributed by atoms with E-state index in [1.54, 1.807) is 0 Å². The molecule has 0 saturated heterocycles. The van der Waals surface area contributed by atoms with E-state index in [1.807, 2.05) is 0 Å². The molecule has 33 heavy (non-hydrogen) atoms. The van der Waals surface area contributed by atoms with Crippen molar-refractivity contribution in [1.29, 1.82) is 0 Å². The number of anilines is 2. The number of aryl methyl sites for hydroxylation is 1. The van der Waals surface area contributed by atoms with Gasteiger partial charge in [-0.2, -0.15) is 13.2 Å². The lowest BCUT2D eigenvalue weighted by Gasteiger charge is -2.27. The third kappa shape index (κ3) is 4.90. The number of carboxylic acids is 1. The molecular weight excluding hydrogens is 457 g/mol. The average molecular weight is 481 g/mol. The maximum absolute atomic E-state index is 13.1. The number of thiophene rings is 1. The molecule has 3 N–H and O–H groups in total. The first-order chi connectivity index (χ1) is 15.6. The summed E-state index contributed by atoms with van der Waals surface area (Å²) in [5, 5.41) is 15.1. The van der Waals surface area contributed by atoms with Crippen molar-refractivity contribution < 1.29 is 32.7 Å². The fraction of sp³-hybridized carbons (Fsp3) is 0.435. The van der Waals surface area contributed by atoms with Gasteiger partial charge in [0.2, 0.25) is 5.91 Å². The van der Waals surface area contributed by atoms with Crippen molar-refractivity contribution in [3.8, 4) is 0 Å². The van der Waals surface area contributed by atoms with E-state index in [1.165, 1.54) is 23.5 Å². The first-order valence-electron chi connectivity index (χ1n) is 10.8. The highest BCUT2D eigenvalue weighted by Crippen LogP contribution is 2.41. The number of halogens is 3. The predicted octanol–water partition coefficient (Wildman–Crippen LogP) is 5.34. The van der Waals surface area contributed by atoms with Gasteiger partial charge < -0.3 is 15.7 Å². The average Bonchev–Trinajstić information content (AvgIpc) is 3.34. The van der Waals surface area contributed by atoms with Gasteiger partial charge in [-0.25, -0.2) is 0 Å². The maximum Gasteiger partial charge on any atom is 0.416 e. The lowest BCUT2D eigenvalue weighted by molar-refractivity contribution is -0.147. The van der Waals surface area contributed by atoms with Crippen molar-refractivity contribution in [3.05, 3.63) is 45.8 Å². The number of carboxylic acid groups (broad SMARTS) is 1. The summed E-state index contributed by atoms with van der Waals surface area (Å²) in [7, 11) is 0. The van der Waals surface area contributed by atoms with E-state index in [0.717, 1.165) is 48.3 Å². The number of amides is 2. The minimum absolute atomic E-state index is 0.00303. The summed E-state index contributed by atoms with van der Waals surface area (Å²) in [5.41, 5.74) is 0.170. The third-order valence-corrected chi connectivity index (χ3v) is 7.46. The number of carbonyl (C=O) groups excluding carboxylic acids is 2. The number of benzene rings is 1. The molecule has 1 fully saturated rings. The first kappa shape index (κ1) is 23.3. The predicted molar refractivity (Wildman–Crippen MR) is 117 cm³/mol. The Morgan fingerprint density at radius 1 is 1.00 bits per heavy atom. The Morgan fingerprint density at radius 3 is 2.42 bits per heavy atom. The molecule has 2 unspecified atom stereocenters. The zero-order chi connectivity index (χ0) is 23.8. The van der Waals surface area contributed by atoms with Crippen molar-refractivity contribution in [2.75, 3.05) is 10.6 Å². The number of fused-ring (bicyclic) bond motifs is 1. The van der Waals surface area contributed by atoms with Crippen LogP contribution in [0.3, 0.4) is 0 Å². The monoisotopic (exact) mass is 480 g/mol. The van der Waals surface area contributed by atoms with Gasteiger partial charge in [-0.3, -0.25) is 14.4 Å². The van der Waals surface area contributed by atoms with Gasteiger partial charge in [0, 0.05) is 10.6 Å². The van der Waals surface area contributed by atoms with E-state index in [0.29, 0.717) is 24.3 Å². The molecule has 2 atom stereocenters. The highest BCUT2D eigenvalue weighted by atomic mass is 32.1. The van der Waals surface area contributed by atoms with Crippen LogP contribution in [-0.4, -0.2) is 22.9 Å². The number of hydrogen-bond acceptors (Lipinski definition) is 4. The molecule has 4 rings (SSSR count). The van der Waals surface area contributed by atoms with Crippen LogP contribution in [0.15, 0.2) is 24.3 Å². The Morgan fingerprint density at radius 2 is 1.73 bits per heavy atom. The first-order valence-corrected chi connectivity index (χ1v) is 11.6. The van der Waals surface area contributed by atoms with Gasteiger partial charge in [0.05, 0.1) is 23.0 Å². The molecule has 6 nitrogen and oxygen atoms in total. The van der Waals surface area contributed by atoms with Crippen LogP contribution in [0.4, 0.5) is 23.9 Å². The Labute approximate surface area is 192 Å². The van der Waals surface area contributed by atoms with E-state index in [2.05, 4.69) is 10.6 Å². The number of hydrogen-bond donors (Lipinski definition) is 3. The van der Waals surface area contributed by atoms with E-state index < -0.39 is 41.4 Å². The second-order valence-corrected chi connectivity index (χ2v) is 9.52. The van der Waals surface area contributed by atoms with Crippen LogP contribution in [0.5, 0.6) is 0 Å². The van der Waals surface area contributed by atoms with Crippen LogP contribution >= 0.6 is 11.3 Å². The molecule has 1 aromatic carbocycles. The topological polar surface area (TPSA) is 95.5 Å².